The second-order valence-corrected chi connectivity index (χ2v) is 7.11. The lowest BCUT2D eigenvalue weighted by Crippen LogP contribution is -2.27. The van der Waals surface area contributed by atoms with Crippen LogP contribution in [0.1, 0.15) is 53.4 Å². The zero-order chi connectivity index (χ0) is 10.8. The summed E-state index contributed by atoms with van der Waals surface area (Å²) in [6.45, 7) is 8.19. The molecule has 0 spiro atoms. The van der Waals surface area contributed by atoms with E-state index in [0.717, 1.165) is 24.5 Å². The predicted octanol–water partition coefficient (Wildman–Crippen LogP) is 3.10. The van der Waals surface area contributed by atoms with Gasteiger partial charge in [-0.15, -0.1) is 0 Å². The molecule has 1 rings (SSSR count). The van der Waals surface area contributed by atoms with E-state index in [0.29, 0.717) is 0 Å². The maximum Gasteiger partial charge on any atom is 0.144 e. The maximum absolute atomic E-state index is 11.7. The highest BCUT2D eigenvalue weighted by Crippen LogP contribution is 2.24. The summed E-state index contributed by atoms with van der Waals surface area (Å²) < 4.78 is 15.9. The Labute approximate surface area is 90.5 Å². The van der Waals surface area contributed by atoms with Crippen molar-refractivity contribution in [3.05, 3.63) is 0 Å². The summed E-state index contributed by atoms with van der Waals surface area (Å²) in [4.78, 5) is 0. The molecule has 1 unspecified atom stereocenters. The normalized spacial score (nSPS) is 26.1. The first-order valence-electron chi connectivity index (χ1n) is 5.38. The van der Waals surface area contributed by atoms with E-state index in [1.807, 2.05) is 20.8 Å². The van der Waals surface area contributed by atoms with Crippen LogP contribution in [0.3, 0.4) is 0 Å². The van der Waals surface area contributed by atoms with Crippen molar-refractivity contribution in [3.63, 3.8) is 0 Å². The Balaban J connectivity index is 2.52. The van der Waals surface area contributed by atoms with Crippen LogP contribution in [0, 0.1) is 5.92 Å². The van der Waals surface area contributed by atoms with Gasteiger partial charge in [0.25, 0.3) is 0 Å². The predicted molar refractivity (Wildman–Crippen MR) is 63.0 cm³/mol. The minimum Gasteiger partial charge on any atom is -0.591 e. The zero-order valence-corrected chi connectivity index (χ0v) is 10.5. The van der Waals surface area contributed by atoms with Crippen LogP contribution in [0.4, 0.5) is 0 Å². The number of hydrogen-bond donors (Lipinski definition) is 0. The van der Waals surface area contributed by atoms with Gasteiger partial charge in [0.2, 0.25) is 0 Å². The first-order valence-corrected chi connectivity index (χ1v) is 6.48. The van der Waals surface area contributed by atoms with Crippen LogP contribution in [0.15, 0.2) is 4.40 Å². The van der Waals surface area contributed by atoms with Crippen molar-refractivity contribution in [3.8, 4) is 0 Å². The quantitative estimate of drug-likeness (QED) is 0.619. The molecule has 1 atom stereocenters. The molecule has 1 aliphatic rings. The van der Waals surface area contributed by atoms with Gasteiger partial charge in [-0.3, -0.25) is 0 Å². The van der Waals surface area contributed by atoms with Crippen LogP contribution in [0.2, 0.25) is 0 Å². The first kappa shape index (κ1) is 12.1. The van der Waals surface area contributed by atoms with Gasteiger partial charge in [0.15, 0.2) is 0 Å². The molecule has 3 heteroatoms. The van der Waals surface area contributed by atoms with Crippen LogP contribution >= 0.6 is 0 Å². The third kappa shape index (κ3) is 3.62. The number of rotatable bonds is 1. The molecule has 0 aromatic heterocycles. The number of hydrogen-bond acceptors (Lipinski definition) is 2. The molecule has 2 nitrogen and oxygen atoms in total. The second-order valence-electron chi connectivity index (χ2n) is 5.20. The molecule has 0 heterocycles. The summed E-state index contributed by atoms with van der Waals surface area (Å²) in [7, 11) is 0. The van der Waals surface area contributed by atoms with Crippen molar-refractivity contribution < 1.29 is 4.55 Å². The van der Waals surface area contributed by atoms with Gasteiger partial charge in [0.05, 0.1) is 5.71 Å². The molecule has 0 bridgehead atoms. The molecule has 14 heavy (non-hydrogen) atoms. The molecule has 0 aliphatic heterocycles. The fourth-order valence-electron chi connectivity index (χ4n) is 1.44. The Morgan fingerprint density at radius 2 is 1.79 bits per heavy atom. The van der Waals surface area contributed by atoms with Crippen molar-refractivity contribution in [2.45, 2.75) is 58.1 Å². The van der Waals surface area contributed by atoms with Crippen molar-refractivity contribution >= 4 is 17.1 Å². The Kier molecular flexibility index (Phi) is 4.02. The monoisotopic (exact) mass is 215 g/mol. The topological polar surface area (TPSA) is 35.4 Å². The smallest absolute Gasteiger partial charge is 0.144 e. The molecule has 82 valence electrons. The molecule has 0 amide bonds. The van der Waals surface area contributed by atoms with E-state index < -0.39 is 11.4 Å². The summed E-state index contributed by atoms with van der Waals surface area (Å²) in [5.41, 5.74) is 1.16. The van der Waals surface area contributed by atoms with Crippen LogP contribution in [-0.2, 0) is 11.4 Å². The second kappa shape index (κ2) is 4.67. The summed E-state index contributed by atoms with van der Waals surface area (Å²) in [5, 5.41) is 0. The third-order valence-electron chi connectivity index (χ3n) is 2.59. The maximum atomic E-state index is 11.7. The average molecular weight is 215 g/mol. The lowest BCUT2D eigenvalue weighted by Gasteiger charge is -2.22. The fourth-order valence-corrected chi connectivity index (χ4v) is 2.13. The van der Waals surface area contributed by atoms with Crippen molar-refractivity contribution in [2.24, 2.45) is 10.3 Å². The van der Waals surface area contributed by atoms with Gasteiger partial charge in [0, 0.05) is 0 Å². The van der Waals surface area contributed by atoms with Crippen molar-refractivity contribution in [2.75, 3.05) is 0 Å². The number of nitrogens with zero attached hydrogens (tertiary/aromatic N) is 1. The summed E-state index contributed by atoms with van der Waals surface area (Å²) >= 11 is -1.06. The average Bonchev–Trinajstić information content (AvgIpc) is 2.07. The van der Waals surface area contributed by atoms with Crippen molar-refractivity contribution in [1.82, 2.24) is 0 Å². The zero-order valence-electron chi connectivity index (χ0n) is 9.67. The van der Waals surface area contributed by atoms with E-state index in [4.69, 9.17) is 0 Å². The van der Waals surface area contributed by atoms with Gasteiger partial charge in [-0.2, -0.15) is 0 Å². The summed E-state index contributed by atoms with van der Waals surface area (Å²) in [6.07, 6.45) is 4.51. The van der Waals surface area contributed by atoms with Crippen LogP contribution in [-0.4, -0.2) is 15.0 Å². The Hall–Kier alpha value is -0.0200. The van der Waals surface area contributed by atoms with Gasteiger partial charge in [-0.25, -0.2) is 0 Å². The first-order chi connectivity index (χ1) is 6.39. The Morgan fingerprint density at radius 3 is 2.21 bits per heavy atom. The lowest BCUT2D eigenvalue weighted by molar-refractivity contribution is 0.483. The standard InChI is InChI=1S/C11H21NOS/c1-9-5-7-10(8-6-9)12-14(13)11(2,3)4/h9H,5-8H2,1-4H3. The molecule has 1 saturated carbocycles. The highest BCUT2D eigenvalue weighted by molar-refractivity contribution is 7.91. The molecule has 0 N–H and O–H groups in total. The van der Waals surface area contributed by atoms with E-state index in [9.17, 15) is 4.55 Å². The molecule has 0 aromatic carbocycles. The minimum absolute atomic E-state index is 0.212. The van der Waals surface area contributed by atoms with Gasteiger partial charge in [0.1, 0.15) is 16.1 Å². The van der Waals surface area contributed by atoms with E-state index in [1.54, 1.807) is 0 Å². The highest BCUT2D eigenvalue weighted by atomic mass is 32.2. The van der Waals surface area contributed by atoms with Gasteiger partial charge < -0.3 is 4.55 Å². The summed E-state index contributed by atoms with van der Waals surface area (Å²) in [5.74, 6) is 0.817. The van der Waals surface area contributed by atoms with E-state index in [-0.39, 0.29) is 4.75 Å². The Bertz CT molecular complexity index is 210. The van der Waals surface area contributed by atoms with Crippen LogP contribution in [0.5, 0.6) is 0 Å². The third-order valence-corrected chi connectivity index (χ3v) is 4.06. The van der Waals surface area contributed by atoms with Gasteiger partial charge in [-0.05, 0) is 52.4 Å². The molecular formula is C11H21NOS. The summed E-state index contributed by atoms with van der Waals surface area (Å²) in [6, 6.07) is 0. The fraction of sp³-hybridized carbons (Fsp3) is 0.909. The molecule has 1 aliphatic carbocycles. The largest absolute Gasteiger partial charge is 0.591 e. The van der Waals surface area contributed by atoms with Crippen LogP contribution < -0.4 is 0 Å². The molecule has 1 fully saturated rings. The lowest BCUT2D eigenvalue weighted by atomic mass is 9.90. The molecule has 0 aromatic rings. The van der Waals surface area contributed by atoms with E-state index in [2.05, 4.69) is 11.3 Å². The molecule has 0 radical (unpaired) electrons. The molecule has 0 saturated heterocycles. The van der Waals surface area contributed by atoms with E-state index in [1.165, 1.54) is 12.8 Å². The Morgan fingerprint density at radius 1 is 1.29 bits per heavy atom. The van der Waals surface area contributed by atoms with Crippen LogP contribution in [0.25, 0.3) is 0 Å². The van der Waals surface area contributed by atoms with Gasteiger partial charge in [-0.1, -0.05) is 11.3 Å². The highest BCUT2D eigenvalue weighted by Gasteiger charge is 2.27. The van der Waals surface area contributed by atoms with Gasteiger partial charge >= 0.3 is 0 Å². The minimum atomic E-state index is -1.06. The SMILES string of the molecule is CC1CCC(=N[S+]([O-])C(C)(C)C)CC1. The van der Waals surface area contributed by atoms with E-state index >= 15 is 0 Å². The molecular weight excluding hydrogens is 194 g/mol. The van der Waals surface area contributed by atoms with Crippen molar-refractivity contribution in [1.29, 1.82) is 0 Å².